The van der Waals surface area contributed by atoms with Crippen molar-refractivity contribution in [1.82, 2.24) is 4.90 Å². The van der Waals surface area contributed by atoms with Crippen LogP contribution in [0.3, 0.4) is 0 Å². The molecule has 0 aliphatic carbocycles. The summed E-state index contributed by atoms with van der Waals surface area (Å²) in [6, 6.07) is 3.00. The Morgan fingerprint density at radius 2 is 2.24 bits per heavy atom. The predicted molar refractivity (Wildman–Crippen MR) is 82.1 cm³/mol. The summed E-state index contributed by atoms with van der Waals surface area (Å²) in [6.07, 6.45) is 0.764. The average molecular weight is 294 g/mol. The molecule has 2 rings (SSSR count). The van der Waals surface area contributed by atoms with Crippen LogP contribution in [0, 0.1) is 0 Å². The maximum atomic E-state index is 12.7. The number of piperidine rings is 1. The van der Waals surface area contributed by atoms with Gasteiger partial charge in [-0.15, -0.1) is 0 Å². The van der Waals surface area contributed by atoms with Crippen LogP contribution in [0.5, 0.6) is 5.75 Å². The minimum absolute atomic E-state index is 0. The number of amides is 1. The molecular weight excluding hydrogens is 272 g/mol. The van der Waals surface area contributed by atoms with Gasteiger partial charge in [0.05, 0.1) is 24.0 Å². The summed E-state index contributed by atoms with van der Waals surface area (Å²) >= 11 is 0. The lowest BCUT2D eigenvalue weighted by atomic mass is 10.0. The van der Waals surface area contributed by atoms with Crippen LogP contribution in [-0.4, -0.2) is 36.3 Å². The predicted octanol–water partition coefficient (Wildman–Crippen LogP) is 1.00. The number of hydrogen-bond donors (Lipinski definition) is 3. The number of rotatable bonds is 3. The zero-order valence-electron chi connectivity index (χ0n) is 12.2. The van der Waals surface area contributed by atoms with Crippen molar-refractivity contribution in [2.24, 2.45) is 5.84 Å². The Morgan fingerprint density at radius 1 is 1.52 bits per heavy atom. The highest BCUT2D eigenvalue weighted by Gasteiger charge is 2.30. The third-order valence-electron chi connectivity index (χ3n) is 3.71. The Bertz CT molecular complexity index is 579. The Hall–Kier alpha value is -2.28. The Morgan fingerprint density at radius 3 is 2.81 bits per heavy atom. The number of Topliss-reactive ketones (excluding diaryl/α,β-unsaturated/α-hetero) is 1. The van der Waals surface area contributed by atoms with Crippen LogP contribution >= 0.6 is 0 Å². The highest BCUT2D eigenvalue weighted by Crippen LogP contribution is 2.30. The van der Waals surface area contributed by atoms with Crippen LogP contribution in [0.2, 0.25) is 0 Å². The molecule has 1 saturated heterocycles. The van der Waals surface area contributed by atoms with Gasteiger partial charge in [-0.3, -0.25) is 15.4 Å². The summed E-state index contributed by atoms with van der Waals surface area (Å²) in [5.41, 5.74) is 9.50. The quantitative estimate of drug-likeness (QED) is 0.436. The molecule has 5 N–H and O–H groups in total. The van der Waals surface area contributed by atoms with E-state index < -0.39 is 0 Å². The van der Waals surface area contributed by atoms with E-state index in [1.807, 2.05) is 6.92 Å². The summed E-state index contributed by atoms with van der Waals surface area (Å²) in [5, 5.41) is 0. The van der Waals surface area contributed by atoms with E-state index in [1.54, 1.807) is 17.0 Å². The molecule has 1 fully saturated rings. The van der Waals surface area contributed by atoms with Gasteiger partial charge in [-0.1, -0.05) is 0 Å². The van der Waals surface area contributed by atoms with Gasteiger partial charge in [0.2, 0.25) is 0 Å². The highest BCUT2D eigenvalue weighted by molar-refractivity contribution is 6.00. The molecule has 7 heteroatoms. The molecule has 0 saturated carbocycles. The van der Waals surface area contributed by atoms with Crippen LogP contribution in [0.1, 0.15) is 31.6 Å². The summed E-state index contributed by atoms with van der Waals surface area (Å²) in [6.45, 7) is 2.28. The second-order valence-electron chi connectivity index (χ2n) is 5.12. The monoisotopic (exact) mass is 294 g/mol. The van der Waals surface area contributed by atoms with Gasteiger partial charge in [0.25, 0.3) is 5.91 Å². The summed E-state index contributed by atoms with van der Waals surface area (Å²) in [5.74, 6) is 5.77. The maximum absolute atomic E-state index is 12.7. The van der Waals surface area contributed by atoms with E-state index in [-0.39, 0.29) is 19.2 Å². The summed E-state index contributed by atoms with van der Waals surface area (Å²) < 4.78 is 5.23. The van der Waals surface area contributed by atoms with Crippen LogP contribution in [0.15, 0.2) is 12.1 Å². The number of anilines is 2. The Kier molecular flexibility index (Phi) is 4.32. The standard InChI is InChI=1S/C14H20N4O3.H2/c1-8-5-9(19)3-4-18(8)14(20)10-6-12(17-16)11(15)7-13(10)21-2;/h6-8,17H,3-5,15-16H2,1-2H3;1H/t8-;/m1./s1. The van der Waals surface area contributed by atoms with Crippen molar-refractivity contribution in [3.8, 4) is 5.75 Å². The minimum atomic E-state index is -0.191. The van der Waals surface area contributed by atoms with E-state index in [0.29, 0.717) is 42.1 Å². The van der Waals surface area contributed by atoms with Crippen molar-refractivity contribution in [1.29, 1.82) is 0 Å². The lowest BCUT2D eigenvalue weighted by Gasteiger charge is -2.33. The van der Waals surface area contributed by atoms with E-state index in [0.717, 1.165) is 0 Å². The summed E-state index contributed by atoms with van der Waals surface area (Å²) in [7, 11) is 1.48. The second kappa shape index (κ2) is 6.01. The summed E-state index contributed by atoms with van der Waals surface area (Å²) in [4.78, 5) is 25.8. The molecule has 1 heterocycles. The molecule has 1 aliphatic heterocycles. The van der Waals surface area contributed by atoms with Gasteiger partial charge in [-0.2, -0.15) is 0 Å². The molecule has 116 valence electrons. The van der Waals surface area contributed by atoms with Crippen molar-refractivity contribution in [2.45, 2.75) is 25.8 Å². The minimum Gasteiger partial charge on any atom is -0.496 e. The van der Waals surface area contributed by atoms with Gasteiger partial charge in [-0.25, -0.2) is 0 Å². The van der Waals surface area contributed by atoms with Crippen molar-refractivity contribution >= 4 is 23.1 Å². The number of ketones is 1. The molecule has 0 spiro atoms. The molecule has 0 unspecified atom stereocenters. The molecular formula is C14H22N4O3. The lowest BCUT2D eigenvalue weighted by molar-refractivity contribution is -0.122. The van der Waals surface area contributed by atoms with Crippen molar-refractivity contribution < 1.29 is 15.8 Å². The SMILES string of the molecule is COc1cc(N)c(NN)cc1C(=O)N1CCC(=O)C[C@H]1C.[HH]. The van der Waals surface area contributed by atoms with Crippen molar-refractivity contribution in [2.75, 3.05) is 24.8 Å². The number of methoxy groups -OCH3 is 1. The number of nitrogens with zero attached hydrogens (tertiary/aromatic N) is 1. The number of nitrogens with two attached hydrogens (primary N) is 2. The number of hydrogen-bond acceptors (Lipinski definition) is 6. The number of carbonyl (C=O) groups is 2. The van der Waals surface area contributed by atoms with Gasteiger partial charge in [0.1, 0.15) is 11.5 Å². The lowest BCUT2D eigenvalue weighted by Crippen LogP contribution is -2.44. The molecule has 1 atom stereocenters. The zero-order valence-corrected chi connectivity index (χ0v) is 12.2. The number of likely N-dealkylation sites (tertiary alicyclic amines) is 1. The molecule has 7 nitrogen and oxygen atoms in total. The fourth-order valence-electron chi connectivity index (χ4n) is 2.52. The van der Waals surface area contributed by atoms with Gasteiger partial charge < -0.3 is 20.8 Å². The fourth-order valence-corrected chi connectivity index (χ4v) is 2.52. The van der Waals surface area contributed by atoms with Crippen LogP contribution < -0.4 is 21.7 Å². The number of hydrazine groups is 1. The van der Waals surface area contributed by atoms with Gasteiger partial charge >= 0.3 is 0 Å². The van der Waals surface area contributed by atoms with Crippen LogP contribution in [0.4, 0.5) is 11.4 Å². The first-order valence-electron chi connectivity index (χ1n) is 6.74. The normalized spacial score (nSPS) is 18.5. The fraction of sp³-hybridized carbons (Fsp3) is 0.429. The highest BCUT2D eigenvalue weighted by atomic mass is 16.5. The van der Waals surface area contributed by atoms with Gasteiger partial charge in [0, 0.05) is 32.9 Å². The van der Waals surface area contributed by atoms with Crippen molar-refractivity contribution in [3.05, 3.63) is 17.7 Å². The van der Waals surface area contributed by atoms with E-state index in [1.165, 1.54) is 7.11 Å². The van der Waals surface area contributed by atoms with Crippen LogP contribution in [-0.2, 0) is 4.79 Å². The Labute approximate surface area is 124 Å². The first kappa shape index (κ1) is 15.1. The number of benzene rings is 1. The number of nitrogens with one attached hydrogen (secondary N) is 1. The van der Waals surface area contributed by atoms with Crippen LogP contribution in [0.25, 0.3) is 0 Å². The molecule has 0 radical (unpaired) electrons. The third-order valence-corrected chi connectivity index (χ3v) is 3.71. The molecule has 1 amide bonds. The second-order valence-corrected chi connectivity index (χ2v) is 5.12. The first-order chi connectivity index (χ1) is 9.97. The molecule has 0 bridgehead atoms. The maximum Gasteiger partial charge on any atom is 0.257 e. The zero-order chi connectivity index (χ0) is 15.6. The molecule has 1 aromatic rings. The number of carbonyl (C=O) groups excluding carboxylic acids is 2. The molecule has 1 aromatic carbocycles. The average Bonchev–Trinajstić information content (AvgIpc) is 2.46. The topological polar surface area (TPSA) is 111 Å². The van der Waals surface area contributed by atoms with Gasteiger partial charge in [0.15, 0.2) is 0 Å². The van der Waals surface area contributed by atoms with E-state index in [2.05, 4.69) is 5.43 Å². The number of nitrogen functional groups attached to an aromatic ring is 2. The molecule has 1 aliphatic rings. The Balaban J connectivity index is 0.00000242. The largest absolute Gasteiger partial charge is 0.496 e. The first-order valence-corrected chi connectivity index (χ1v) is 6.74. The molecule has 0 aromatic heterocycles. The smallest absolute Gasteiger partial charge is 0.257 e. The van der Waals surface area contributed by atoms with Crippen molar-refractivity contribution in [3.63, 3.8) is 0 Å². The third kappa shape index (κ3) is 2.92. The van der Waals surface area contributed by atoms with E-state index >= 15 is 0 Å². The van der Waals surface area contributed by atoms with E-state index in [4.69, 9.17) is 16.3 Å². The van der Waals surface area contributed by atoms with E-state index in [9.17, 15) is 9.59 Å². The van der Waals surface area contributed by atoms with Gasteiger partial charge in [-0.05, 0) is 13.0 Å². The molecule has 21 heavy (non-hydrogen) atoms. The number of ether oxygens (including phenoxy) is 1.